The molecule has 0 saturated heterocycles. The van der Waals surface area contributed by atoms with Crippen molar-refractivity contribution in [2.45, 2.75) is 32.8 Å². The van der Waals surface area contributed by atoms with Crippen molar-refractivity contribution in [1.29, 1.82) is 0 Å². The van der Waals surface area contributed by atoms with Crippen molar-refractivity contribution in [3.05, 3.63) is 18.2 Å². The van der Waals surface area contributed by atoms with Crippen molar-refractivity contribution >= 4 is 17.7 Å². The van der Waals surface area contributed by atoms with E-state index in [-0.39, 0.29) is 18.9 Å². The van der Waals surface area contributed by atoms with Crippen molar-refractivity contribution < 1.29 is 23.8 Å². The van der Waals surface area contributed by atoms with Gasteiger partial charge in [0.15, 0.2) is 0 Å². The number of amides is 2. The summed E-state index contributed by atoms with van der Waals surface area (Å²) < 4.78 is 15.4. The lowest BCUT2D eigenvalue weighted by atomic mass is 10.2. The Morgan fingerprint density at radius 2 is 1.83 bits per heavy atom. The number of nitrogens with one attached hydrogen (secondary N) is 2. The summed E-state index contributed by atoms with van der Waals surface area (Å²) in [7, 11) is 3.06. The first-order chi connectivity index (χ1) is 10.7. The van der Waals surface area contributed by atoms with Crippen molar-refractivity contribution in [2.24, 2.45) is 0 Å². The van der Waals surface area contributed by atoms with Gasteiger partial charge >= 0.3 is 6.09 Å². The molecule has 2 N–H and O–H groups in total. The van der Waals surface area contributed by atoms with Crippen LogP contribution in [-0.4, -0.2) is 38.4 Å². The number of hydrogen-bond acceptors (Lipinski definition) is 5. The summed E-state index contributed by atoms with van der Waals surface area (Å²) in [6.45, 7) is 5.49. The third-order valence-electron chi connectivity index (χ3n) is 2.70. The Morgan fingerprint density at radius 1 is 1.13 bits per heavy atom. The van der Waals surface area contributed by atoms with Gasteiger partial charge in [0.2, 0.25) is 5.91 Å². The standard InChI is InChI=1S/C16H24N2O5/c1-16(2,3)23-15(20)17-9-8-14(19)18-12-10-11(21-4)6-7-13(12)22-5/h6-7,10H,8-9H2,1-5H3,(H,17,20)(H,18,19). The van der Waals surface area contributed by atoms with Gasteiger partial charge in [-0.1, -0.05) is 0 Å². The first-order valence-corrected chi connectivity index (χ1v) is 7.24. The molecule has 2 amide bonds. The Labute approximate surface area is 136 Å². The Bertz CT molecular complexity index is 552. The first-order valence-electron chi connectivity index (χ1n) is 7.24. The second-order valence-electron chi connectivity index (χ2n) is 5.79. The van der Waals surface area contributed by atoms with Crippen LogP contribution in [-0.2, 0) is 9.53 Å². The van der Waals surface area contributed by atoms with Gasteiger partial charge in [-0.05, 0) is 32.9 Å². The number of hydrogen-bond donors (Lipinski definition) is 2. The fourth-order valence-corrected chi connectivity index (χ4v) is 1.72. The fourth-order valence-electron chi connectivity index (χ4n) is 1.72. The number of carbonyl (C=O) groups excluding carboxylic acids is 2. The van der Waals surface area contributed by atoms with Crippen molar-refractivity contribution in [3.8, 4) is 11.5 Å². The molecular formula is C16H24N2O5. The number of alkyl carbamates (subject to hydrolysis) is 1. The molecule has 0 atom stereocenters. The maximum atomic E-state index is 11.9. The van der Waals surface area contributed by atoms with Crippen LogP contribution in [0.3, 0.4) is 0 Å². The van der Waals surface area contributed by atoms with E-state index in [1.807, 2.05) is 0 Å². The minimum Gasteiger partial charge on any atom is -0.497 e. The summed E-state index contributed by atoms with van der Waals surface area (Å²) in [4.78, 5) is 23.4. The molecule has 0 fully saturated rings. The van der Waals surface area contributed by atoms with Crippen LogP contribution in [0.1, 0.15) is 27.2 Å². The summed E-state index contributed by atoms with van der Waals surface area (Å²) in [5, 5.41) is 5.25. The molecule has 0 aliphatic heterocycles. The third-order valence-corrected chi connectivity index (χ3v) is 2.70. The van der Waals surface area contributed by atoms with Crippen LogP contribution in [0.15, 0.2) is 18.2 Å². The van der Waals surface area contributed by atoms with Gasteiger partial charge in [-0.2, -0.15) is 0 Å². The summed E-state index contributed by atoms with van der Waals surface area (Å²) in [6.07, 6.45) is -0.441. The maximum absolute atomic E-state index is 11.9. The van der Waals surface area contributed by atoms with E-state index in [9.17, 15) is 9.59 Å². The maximum Gasteiger partial charge on any atom is 0.407 e. The smallest absolute Gasteiger partial charge is 0.407 e. The van der Waals surface area contributed by atoms with Crippen LogP contribution < -0.4 is 20.1 Å². The molecule has 0 saturated carbocycles. The van der Waals surface area contributed by atoms with E-state index >= 15 is 0 Å². The van der Waals surface area contributed by atoms with Crippen molar-refractivity contribution in [2.75, 3.05) is 26.1 Å². The highest BCUT2D eigenvalue weighted by molar-refractivity contribution is 5.92. The average molecular weight is 324 g/mol. The molecule has 7 heteroatoms. The largest absolute Gasteiger partial charge is 0.497 e. The van der Waals surface area contributed by atoms with Gasteiger partial charge in [-0.3, -0.25) is 4.79 Å². The SMILES string of the molecule is COc1ccc(OC)c(NC(=O)CCNC(=O)OC(C)(C)C)c1. The Kier molecular flexibility index (Phi) is 6.68. The van der Waals surface area contributed by atoms with Crippen molar-refractivity contribution in [3.63, 3.8) is 0 Å². The minimum absolute atomic E-state index is 0.111. The van der Waals surface area contributed by atoms with E-state index in [1.54, 1.807) is 39.0 Å². The molecule has 1 aromatic rings. The van der Waals surface area contributed by atoms with Crippen LogP contribution in [0, 0.1) is 0 Å². The van der Waals surface area contributed by atoms with Gasteiger partial charge in [-0.15, -0.1) is 0 Å². The number of anilines is 1. The van der Waals surface area contributed by atoms with E-state index in [0.717, 1.165) is 0 Å². The van der Waals surface area contributed by atoms with Gasteiger partial charge < -0.3 is 24.8 Å². The molecule has 23 heavy (non-hydrogen) atoms. The van der Waals surface area contributed by atoms with E-state index in [2.05, 4.69) is 10.6 Å². The predicted molar refractivity (Wildman–Crippen MR) is 87.0 cm³/mol. The Morgan fingerprint density at radius 3 is 2.39 bits per heavy atom. The molecule has 0 aliphatic carbocycles. The van der Waals surface area contributed by atoms with Gasteiger partial charge in [0.25, 0.3) is 0 Å². The zero-order valence-electron chi connectivity index (χ0n) is 14.2. The molecular weight excluding hydrogens is 300 g/mol. The minimum atomic E-state index is -0.569. The quantitative estimate of drug-likeness (QED) is 0.840. The predicted octanol–water partition coefficient (Wildman–Crippen LogP) is 2.56. The topological polar surface area (TPSA) is 85.9 Å². The van der Waals surface area contributed by atoms with Crippen LogP contribution >= 0.6 is 0 Å². The molecule has 0 bridgehead atoms. The lowest BCUT2D eigenvalue weighted by Gasteiger charge is -2.19. The second-order valence-corrected chi connectivity index (χ2v) is 5.79. The van der Waals surface area contributed by atoms with Gasteiger partial charge in [-0.25, -0.2) is 4.79 Å². The highest BCUT2D eigenvalue weighted by atomic mass is 16.6. The van der Waals surface area contributed by atoms with Gasteiger partial charge in [0, 0.05) is 19.0 Å². The number of methoxy groups -OCH3 is 2. The third kappa shape index (κ3) is 6.90. The molecule has 1 rings (SSSR count). The van der Waals surface area contributed by atoms with Crippen LogP contribution in [0.5, 0.6) is 11.5 Å². The van der Waals surface area contributed by atoms with E-state index < -0.39 is 11.7 Å². The molecule has 0 heterocycles. The number of rotatable bonds is 6. The molecule has 0 radical (unpaired) electrons. The summed E-state index contributed by atoms with van der Waals surface area (Å²) in [5.41, 5.74) is -0.0607. The highest BCUT2D eigenvalue weighted by Gasteiger charge is 2.16. The van der Waals surface area contributed by atoms with Gasteiger partial charge in [0.1, 0.15) is 17.1 Å². The van der Waals surface area contributed by atoms with E-state index in [0.29, 0.717) is 17.2 Å². The summed E-state index contributed by atoms with van der Waals surface area (Å²) in [5.74, 6) is 0.875. The monoisotopic (exact) mass is 324 g/mol. The first kappa shape index (κ1) is 18.6. The molecule has 0 aromatic heterocycles. The molecule has 0 aliphatic rings. The van der Waals surface area contributed by atoms with Gasteiger partial charge in [0.05, 0.1) is 19.9 Å². The van der Waals surface area contributed by atoms with E-state index in [1.165, 1.54) is 14.2 Å². The zero-order valence-corrected chi connectivity index (χ0v) is 14.2. The normalized spacial score (nSPS) is 10.7. The van der Waals surface area contributed by atoms with Crippen molar-refractivity contribution in [1.82, 2.24) is 5.32 Å². The molecule has 128 valence electrons. The lowest BCUT2D eigenvalue weighted by molar-refractivity contribution is -0.116. The number of carbonyl (C=O) groups is 2. The van der Waals surface area contributed by atoms with Crippen LogP contribution in [0.2, 0.25) is 0 Å². The Hall–Kier alpha value is -2.44. The molecule has 7 nitrogen and oxygen atoms in total. The average Bonchev–Trinajstić information content (AvgIpc) is 2.45. The molecule has 0 spiro atoms. The number of ether oxygens (including phenoxy) is 3. The second kappa shape index (κ2) is 8.26. The fraction of sp³-hybridized carbons (Fsp3) is 0.500. The van der Waals surface area contributed by atoms with Crippen LogP contribution in [0.4, 0.5) is 10.5 Å². The Balaban J connectivity index is 2.49. The molecule has 1 aromatic carbocycles. The summed E-state index contributed by atoms with van der Waals surface area (Å²) >= 11 is 0. The van der Waals surface area contributed by atoms with E-state index in [4.69, 9.17) is 14.2 Å². The number of benzene rings is 1. The molecule has 0 unspecified atom stereocenters. The summed E-state index contributed by atoms with van der Waals surface area (Å²) in [6, 6.07) is 5.10. The highest BCUT2D eigenvalue weighted by Crippen LogP contribution is 2.28. The lowest BCUT2D eigenvalue weighted by Crippen LogP contribution is -2.34. The zero-order chi connectivity index (χ0) is 17.5. The van der Waals surface area contributed by atoms with Crippen LogP contribution in [0.25, 0.3) is 0 Å².